The molecule has 0 bridgehead atoms. The summed E-state index contributed by atoms with van der Waals surface area (Å²) in [6.07, 6.45) is 4.24. The summed E-state index contributed by atoms with van der Waals surface area (Å²) in [5.41, 5.74) is 4.75. The fourth-order valence-corrected chi connectivity index (χ4v) is 1.76. The first-order valence-electron chi connectivity index (χ1n) is 5.81. The minimum absolute atomic E-state index is 0.0400. The van der Waals surface area contributed by atoms with E-state index in [9.17, 15) is 9.59 Å². The van der Waals surface area contributed by atoms with Gasteiger partial charge in [0.05, 0.1) is 11.8 Å². The molecular weight excluding hydrogens is 208 g/mol. The molecule has 5 heteroatoms. The van der Waals surface area contributed by atoms with Crippen LogP contribution in [0.2, 0.25) is 0 Å². The van der Waals surface area contributed by atoms with Gasteiger partial charge in [0.25, 0.3) is 0 Å². The molecule has 16 heavy (non-hydrogen) atoms. The summed E-state index contributed by atoms with van der Waals surface area (Å²) in [7, 11) is 0. The van der Waals surface area contributed by atoms with E-state index in [1.807, 2.05) is 0 Å². The molecule has 1 amide bonds. The molecule has 1 rings (SSSR count). The molecule has 92 valence electrons. The number of aliphatic carboxylic acids is 1. The largest absolute Gasteiger partial charge is 0.481 e. The van der Waals surface area contributed by atoms with E-state index in [0.29, 0.717) is 25.9 Å². The maximum absolute atomic E-state index is 11.7. The average Bonchev–Trinajstić information content (AvgIpc) is 2.97. The van der Waals surface area contributed by atoms with Crippen LogP contribution in [-0.2, 0) is 9.59 Å². The Balaban J connectivity index is 2.17. The van der Waals surface area contributed by atoms with Gasteiger partial charge in [0.1, 0.15) is 0 Å². The van der Waals surface area contributed by atoms with Crippen molar-refractivity contribution in [2.45, 2.75) is 38.5 Å². The first-order valence-corrected chi connectivity index (χ1v) is 5.81. The summed E-state index contributed by atoms with van der Waals surface area (Å²) < 4.78 is 0. The van der Waals surface area contributed by atoms with E-state index in [4.69, 9.17) is 10.8 Å². The van der Waals surface area contributed by atoms with E-state index in [1.54, 1.807) is 0 Å². The van der Waals surface area contributed by atoms with E-state index in [0.717, 1.165) is 19.3 Å². The highest BCUT2D eigenvalue weighted by molar-refractivity contribution is 5.89. The second-order valence-corrected chi connectivity index (χ2v) is 4.46. The highest BCUT2D eigenvalue weighted by atomic mass is 16.4. The standard InChI is InChI=1S/C11H20N2O3/c12-6-2-1-3-7-13-10(16)11(4-5-11)8-9(14)15/h1-8,12H2,(H,13,16)(H,14,15). The minimum atomic E-state index is -0.893. The number of carbonyl (C=O) groups excluding carboxylic acids is 1. The Morgan fingerprint density at radius 1 is 1.25 bits per heavy atom. The minimum Gasteiger partial charge on any atom is -0.481 e. The molecule has 0 saturated heterocycles. The van der Waals surface area contributed by atoms with E-state index in [2.05, 4.69) is 5.32 Å². The number of unbranched alkanes of at least 4 members (excludes halogenated alkanes) is 2. The van der Waals surface area contributed by atoms with Gasteiger partial charge < -0.3 is 16.2 Å². The van der Waals surface area contributed by atoms with Gasteiger partial charge in [-0.25, -0.2) is 0 Å². The average molecular weight is 228 g/mol. The summed E-state index contributed by atoms with van der Waals surface area (Å²) in [6, 6.07) is 0. The summed E-state index contributed by atoms with van der Waals surface area (Å²) in [5, 5.41) is 11.5. The summed E-state index contributed by atoms with van der Waals surface area (Å²) >= 11 is 0. The quantitative estimate of drug-likeness (QED) is 0.527. The lowest BCUT2D eigenvalue weighted by molar-refractivity contribution is -0.142. The number of carbonyl (C=O) groups is 2. The van der Waals surface area contributed by atoms with Crippen molar-refractivity contribution in [3.63, 3.8) is 0 Å². The summed E-state index contributed by atoms with van der Waals surface area (Å²) in [4.78, 5) is 22.3. The topological polar surface area (TPSA) is 92.4 Å². The fraction of sp³-hybridized carbons (Fsp3) is 0.818. The van der Waals surface area contributed by atoms with Crippen LogP contribution in [0, 0.1) is 5.41 Å². The van der Waals surface area contributed by atoms with Gasteiger partial charge in [0.15, 0.2) is 0 Å². The maximum atomic E-state index is 11.7. The lowest BCUT2D eigenvalue weighted by Gasteiger charge is -2.12. The number of carboxylic acid groups (broad SMARTS) is 1. The van der Waals surface area contributed by atoms with Gasteiger partial charge in [0.2, 0.25) is 5.91 Å². The number of hydrogen-bond acceptors (Lipinski definition) is 3. The van der Waals surface area contributed by atoms with E-state index in [-0.39, 0.29) is 12.3 Å². The molecule has 1 aliphatic rings. The molecular formula is C11H20N2O3. The molecule has 0 heterocycles. The fourth-order valence-electron chi connectivity index (χ4n) is 1.76. The Morgan fingerprint density at radius 3 is 2.44 bits per heavy atom. The van der Waals surface area contributed by atoms with Crippen molar-refractivity contribution in [2.75, 3.05) is 13.1 Å². The van der Waals surface area contributed by atoms with Crippen LogP contribution < -0.4 is 11.1 Å². The van der Waals surface area contributed by atoms with Gasteiger partial charge in [0, 0.05) is 6.54 Å². The van der Waals surface area contributed by atoms with E-state index < -0.39 is 11.4 Å². The first-order chi connectivity index (χ1) is 7.60. The van der Waals surface area contributed by atoms with Crippen molar-refractivity contribution in [3.05, 3.63) is 0 Å². The van der Waals surface area contributed by atoms with Gasteiger partial charge in [-0.1, -0.05) is 6.42 Å². The van der Waals surface area contributed by atoms with Crippen molar-refractivity contribution in [2.24, 2.45) is 11.1 Å². The predicted octanol–water partition coefficient (Wildman–Crippen LogP) is 0.486. The van der Waals surface area contributed by atoms with E-state index >= 15 is 0 Å². The third-order valence-electron chi connectivity index (χ3n) is 2.99. The first kappa shape index (κ1) is 13.0. The second-order valence-electron chi connectivity index (χ2n) is 4.46. The van der Waals surface area contributed by atoms with Crippen molar-refractivity contribution in [1.29, 1.82) is 0 Å². The third-order valence-corrected chi connectivity index (χ3v) is 2.99. The lowest BCUT2D eigenvalue weighted by atomic mass is 10.0. The molecule has 1 fully saturated rings. The monoisotopic (exact) mass is 228 g/mol. The van der Waals surface area contributed by atoms with Gasteiger partial charge in [-0.05, 0) is 32.2 Å². The van der Waals surface area contributed by atoms with Gasteiger partial charge in [-0.3, -0.25) is 9.59 Å². The van der Waals surface area contributed by atoms with Crippen LogP contribution >= 0.6 is 0 Å². The Labute approximate surface area is 95.4 Å². The molecule has 0 aromatic heterocycles. The third kappa shape index (κ3) is 3.81. The van der Waals surface area contributed by atoms with Gasteiger partial charge in [-0.15, -0.1) is 0 Å². The molecule has 5 nitrogen and oxygen atoms in total. The van der Waals surface area contributed by atoms with Crippen LogP contribution in [0.3, 0.4) is 0 Å². The van der Waals surface area contributed by atoms with Crippen molar-refractivity contribution < 1.29 is 14.7 Å². The maximum Gasteiger partial charge on any atom is 0.304 e. The van der Waals surface area contributed by atoms with Crippen LogP contribution in [0.4, 0.5) is 0 Å². The molecule has 0 aromatic rings. The Kier molecular flexibility index (Phi) is 4.73. The number of nitrogens with two attached hydrogens (primary N) is 1. The van der Waals surface area contributed by atoms with Crippen LogP contribution in [0.25, 0.3) is 0 Å². The zero-order valence-corrected chi connectivity index (χ0v) is 9.50. The highest BCUT2D eigenvalue weighted by Gasteiger charge is 2.51. The van der Waals surface area contributed by atoms with Crippen molar-refractivity contribution >= 4 is 11.9 Å². The molecule has 0 aliphatic heterocycles. The second kappa shape index (κ2) is 5.84. The predicted molar refractivity (Wildman–Crippen MR) is 59.8 cm³/mol. The van der Waals surface area contributed by atoms with Crippen LogP contribution in [0.1, 0.15) is 38.5 Å². The highest BCUT2D eigenvalue weighted by Crippen LogP contribution is 2.48. The Morgan fingerprint density at radius 2 is 1.94 bits per heavy atom. The lowest BCUT2D eigenvalue weighted by Crippen LogP contribution is -2.34. The van der Waals surface area contributed by atoms with Crippen molar-refractivity contribution in [3.8, 4) is 0 Å². The summed E-state index contributed by atoms with van der Waals surface area (Å²) in [6.45, 7) is 1.30. The molecule has 0 spiro atoms. The molecule has 0 aromatic carbocycles. The zero-order chi connectivity index (χ0) is 12.0. The number of carboxylic acids is 1. The SMILES string of the molecule is NCCCCCNC(=O)C1(CC(=O)O)CC1. The van der Waals surface area contributed by atoms with Crippen LogP contribution in [-0.4, -0.2) is 30.1 Å². The Bertz CT molecular complexity index is 262. The smallest absolute Gasteiger partial charge is 0.304 e. The number of rotatable bonds is 8. The van der Waals surface area contributed by atoms with E-state index in [1.165, 1.54) is 0 Å². The summed E-state index contributed by atoms with van der Waals surface area (Å²) in [5.74, 6) is -0.988. The van der Waals surface area contributed by atoms with Gasteiger partial charge in [-0.2, -0.15) is 0 Å². The number of nitrogens with one attached hydrogen (secondary N) is 1. The number of amides is 1. The molecule has 1 saturated carbocycles. The number of hydrogen-bond donors (Lipinski definition) is 3. The molecule has 4 N–H and O–H groups in total. The zero-order valence-electron chi connectivity index (χ0n) is 9.50. The Hall–Kier alpha value is -1.10. The van der Waals surface area contributed by atoms with Crippen LogP contribution in [0.5, 0.6) is 0 Å². The molecule has 1 aliphatic carbocycles. The normalized spacial score (nSPS) is 16.8. The van der Waals surface area contributed by atoms with Gasteiger partial charge >= 0.3 is 5.97 Å². The molecule has 0 radical (unpaired) electrons. The molecule has 0 unspecified atom stereocenters. The molecule has 0 atom stereocenters. The van der Waals surface area contributed by atoms with Crippen LogP contribution in [0.15, 0.2) is 0 Å². The van der Waals surface area contributed by atoms with Crippen molar-refractivity contribution in [1.82, 2.24) is 5.32 Å².